The minimum atomic E-state index is -1.36. The van der Waals surface area contributed by atoms with Crippen molar-refractivity contribution in [1.29, 1.82) is 0 Å². The van der Waals surface area contributed by atoms with Crippen molar-refractivity contribution >= 4 is 65.9 Å². The largest absolute Gasteiger partial charge is 3.00 e. The third-order valence-corrected chi connectivity index (χ3v) is 25.9. The van der Waals surface area contributed by atoms with E-state index < -0.39 is 65.9 Å². The van der Waals surface area contributed by atoms with E-state index in [2.05, 4.69) is 204 Å². The Balaban J connectivity index is -0.0000000482. The van der Waals surface area contributed by atoms with Gasteiger partial charge < -0.3 is 63.7 Å². The molecule has 0 heterocycles. The van der Waals surface area contributed by atoms with Crippen molar-refractivity contribution in [3.63, 3.8) is 0 Å². The predicted molar refractivity (Wildman–Crippen MR) is 305 cm³/mol. The molecular weight excluding hydrogens is 1360 g/mol. The van der Waals surface area contributed by atoms with E-state index in [9.17, 15) is 0 Å². The maximum atomic E-state index is 4.71. The zero-order chi connectivity index (χ0) is 50.1. The van der Waals surface area contributed by atoms with Gasteiger partial charge in [-0.05, 0) is 0 Å². The van der Waals surface area contributed by atoms with E-state index in [1.807, 2.05) is 0 Å². The molecule has 20 heteroatoms. The summed E-state index contributed by atoms with van der Waals surface area (Å²) in [6.07, 6.45) is 11.1. The molecule has 2 radical (unpaired) electrons. The van der Waals surface area contributed by atoms with Gasteiger partial charge in [0, 0.05) is 28.4 Å². The molecule has 0 aromatic heterocycles. The zero-order valence-electron chi connectivity index (χ0n) is 49.7. The molecule has 0 unspecified atom stereocenters. The average Bonchev–Trinajstić information content (AvgIpc) is 2.95. The Hall–Kier alpha value is 4.71. The van der Waals surface area contributed by atoms with E-state index >= 15 is 0 Å². The van der Waals surface area contributed by atoms with Crippen molar-refractivity contribution in [2.24, 2.45) is 0 Å². The second-order valence-corrected chi connectivity index (χ2v) is 57.2. The van der Waals surface area contributed by atoms with Crippen LogP contribution < -0.4 is 37.7 Å². The number of hydrogen-bond acceptors (Lipinski definition) is 4. The molecule has 64 heavy (non-hydrogen) atoms. The molecule has 0 spiro atoms. The fourth-order valence-corrected chi connectivity index (χ4v) is 34.0. The summed E-state index contributed by atoms with van der Waals surface area (Å²) in [5.74, 6) is 0. The van der Waals surface area contributed by atoms with Crippen LogP contribution in [-0.2, 0) is 18.9 Å². The van der Waals surface area contributed by atoms with Crippen LogP contribution in [0.2, 0.25) is 131 Å². The molecular formula is C44H116Li2N4O4Si8U2. The summed E-state index contributed by atoms with van der Waals surface area (Å²) in [4.78, 5) is 0. The molecule has 0 bridgehead atoms. The van der Waals surface area contributed by atoms with Gasteiger partial charge >= 0.3 is 99.9 Å². The monoisotopic (exact) mass is 1480 g/mol. The minimum Gasteiger partial charge on any atom is -0.689 e. The Kier molecular flexibility index (Phi) is 87.2. The Labute approximate surface area is 488 Å². The molecule has 0 aliphatic rings. The summed E-state index contributed by atoms with van der Waals surface area (Å²) in [6, 6.07) is 0. The average molecular weight is 1480 g/mol. The number of methoxy groups -OCH3 is 4. The van der Waals surface area contributed by atoms with Gasteiger partial charge in [0.1, 0.15) is 0 Å². The zero-order valence-corrected chi connectivity index (χ0v) is 66.1. The summed E-state index contributed by atoms with van der Waals surface area (Å²) in [6.45, 7) is 72.5. The quantitative estimate of drug-likeness (QED) is 0.0690. The summed E-state index contributed by atoms with van der Waals surface area (Å²) < 4.78 is 37.5. The Bertz CT molecular complexity index is 652. The van der Waals surface area contributed by atoms with Gasteiger partial charge in [0.25, 0.3) is 0 Å². The molecule has 0 N–H and O–H groups in total. The van der Waals surface area contributed by atoms with Gasteiger partial charge in [-0.25, -0.2) is 32.9 Å². The standard InChI is InChI=1S/4C6H17NSi2.2C6H14.2C4H10O2.2Li.2U/c4*1-8(2,3)7-9(4,5)6;2*1-3-5-6-4-2;2*1-5-3-4-6-2;;;;/h4*1H2,2-6H3;2*3-6H2,1-2H3;2*3-4H2,1-2H3;;;;/q4*-2;;;;;2*+1;2*+3. The molecule has 0 rings (SSSR count). The van der Waals surface area contributed by atoms with Crippen molar-refractivity contribution < 1.29 is 119 Å². The fraction of sp³-hybridized carbons (Fsp3) is 0.909. The second kappa shape index (κ2) is 57.0. The van der Waals surface area contributed by atoms with Crippen molar-refractivity contribution in [3.8, 4) is 0 Å². The molecule has 0 aliphatic carbocycles. The third-order valence-electron chi connectivity index (χ3n) is 5.45. The van der Waals surface area contributed by atoms with E-state index in [1.54, 1.807) is 28.4 Å². The first kappa shape index (κ1) is 98.0. The van der Waals surface area contributed by atoms with E-state index in [0.29, 0.717) is 26.4 Å². The van der Waals surface area contributed by atoms with Gasteiger partial charge in [0.2, 0.25) is 0 Å². The normalized spacial score (nSPS) is 11.2. The van der Waals surface area contributed by atoms with Gasteiger partial charge in [0.05, 0.1) is 26.4 Å². The van der Waals surface area contributed by atoms with Crippen LogP contribution in [0.4, 0.5) is 0 Å². The first-order valence-electron chi connectivity index (χ1n) is 22.8. The molecule has 0 aliphatic heterocycles. The van der Waals surface area contributed by atoms with Crippen LogP contribution in [0.15, 0.2) is 0 Å². The van der Waals surface area contributed by atoms with Crippen LogP contribution in [0.3, 0.4) is 0 Å². The van der Waals surface area contributed by atoms with Crippen LogP contribution in [0.5, 0.6) is 0 Å². The molecule has 0 saturated heterocycles. The van der Waals surface area contributed by atoms with Crippen molar-refractivity contribution in [2.45, 2.75) is 210 Å². The summed E-state index contributed by atoms with van der Waals surface area (Å²) in [5, 5.41) is 0. The molecule has 0 amide bonds. The summed E-state index contributed by atoms with van der Waals surface area (Å²) >= 11 is 0. The summed E-state index contributed by atoms with van der Waals surface area (Å²) in [7, 11) is -3.49. The van der Waals surface area contributed by atoms with Gasteiger partial charge in [-0.15, -0.1) is 52.4 Å². The first-order valence-corrected chi connectivity index (χ1v) is 49.2. The van der Waals surface area contributed by atoms with E-state index in [4.69, 9.17) is 18.6 Å². The second-order valence-electron chi connectivity index (χ2n) is 21.8. The van der Waals surface area contributed by atoms with E-state index in [1.165, 1.54) is 51.4 Å². The topological polar surface area (TPSA) is 93.3 Å². The van der Waals surface area contributed by atoms with Crippen LogP contribution in [0, 0.1) is 88.4 Å². The van der Waals surface area contributed by atoms with Gasteiger partial charge in [0.15, 0.2) is 0 Å². The van der Waals surface area contributed by atoms with Gasteiger partial charge in [-0.3, -0.25) is 0 Å². The van der Waals surface area contributed by atoms with Crippen LogP contribution in [0.1, 0.15) is 79.1 Å². The molecule has 0 fully saturated rings. The number of nitrogens with zero attached hydrogens (tertiary/aromatic N) is 4. The maximum absolute atomic E-state index is 4.71. The smallest absolute Gasteiger partial charge is 0.689 e. The minimum absolute atomic E-state index is 0. The Morgan fingerprint density at radius 2 is 0.406 bits per heavy atom. The summed E-state index contributed by atoms with van der Waals surface area (Å²) in [5.41, 5.74) is 0. The van der Waals surface area contributed by atoms with E-state index in [0.717, 1.165) is 0 Å². The Morgan fingerprint density at radius 3 is 0.438 bits per heavy atom. The predicted octanol–water partition coefficient (Wildman–Crippen LogP) is 10.8. The third kappa shape index (κ3) is 174. The van der Waals surface area contributed by atoms with Crippen LogP contribution in [-0.4, -0.2) is 121 Å². The van der Waals surface area contributed by atoms with Crippen molar-refractivity contribution in [1.82, 2.24) is 0 Å². The molecule has 378 valence electrons. The number of rotatable bonds is 20. The maximum Gasteiger partial charge on any atom is 3.00 e. The first-order chi connectivity index (χ1) is 26.5. The van der Waals surface area contributed by atoms with Crippen molar-refractivity contribution in [2.75, 3.05) is 54.9 Å². The number of hydrogen-bond donors (Lipinski definition) is 0. The molecule has 0 aromatic rings. The molecule has 8 nitrogen and oxygen atoms in total. The number of unbranched alkanes of at least 4 members (excludes halogenated alkanes) is 6. The van der Waals surface area contributed by atoms with Gasteiger partial charge in [-0.2, -0.15) is 0 Å². The molecule has 0 saturated carbocycles. The van der Waals surface area contributed by atoms with Crippen LogP contribution in [0.25, 0.3) is 18.6 Å². The van der Waals surface area contributed by atoms with Crippen molar-refractivity contribution in [3.05, 3.63) is 44.8 Å². The Morgan fingerprint density at radius 1 is 0.297 bits per heavy atom. The molecule has 0 atom stereocenters. The van der Waals surface area contributed by atoms with Gasteiger partial charge in [-0.1, -0.05) is 191 Å². The number of ether oxygens (including phenoxy) is 4. The van der Waals surface area contributed by atoms with Crippen LogP contribution >= 0.6 is 0 Å². The van der Waals surface area contributed by atoms with E-state index in [-0.39, 0.29) is 99.9 Å². The SMILES string of the molecule is CCCCCC.CCCCCC.COCCOC.COCCOC.[CH2-][Si](C)(C)[N-][Si](C)(C)C.[CH2-][Si](C)(C)[N-][Si](C)(C)C.[CH2-][Si](C)(C)[N-][Si](C)(C)C.[CH2-][Si](C)(C)[N-][Si](C)(C)C.[Li+].[Li+].[U+3].[U+3]. The fourth-order valence-electron chi connectivity index (χ4n) is 4.97. The molecule has 0 aromatic carbocycles.